The van der Waals surface area contributed by atoms with E-state index in [4.69, 9.17) is 4.74 Å². The van der Waals surface area contributed by atoms with Gasteiger partial charge in [0.1, 0.15) is 17.4 Å². The van der Waals surface area contributed by atoms with Crippen molar-refractivity contribution in [2.45, 2.75) is 18.2 Å². The van der Waals surface area contributed by atoms with Gasteiger partial charge in [-0.15, -0.1) is 10.2 Å². The molecule has 0 spiro atoms. The SMILES string of the molecule is COc1ccc2c(C)cc3nnc(SCC(O)c4ccc(F)cc4F)n3c2c1. The highest BCUT2D eigenvalue weighted by molar-refractivity contribution is 7.99. The van der Waals surface area contributed by atoms with Crippen molar-refractivity contribution in [2.24, 2.45) is 0 Å². The number of hydrogen-bond donors (Lipinski definition) is 1. The summed E-state index contributed by atoms with van der Waals surface area (Å²) in [7, 11) is 1.60. The average molecular weight is 401 g/mol. The summed E-state index contributed by atoms with van der Waals surface area (Å²) < 4.78 is 34.2. The number of aromatic nitrogens is 3. The molecule has 1 unspecified atom stereocenters. The highest BCUT2D eigenvalue weighted by Gasteiger charge is 2.17. The Hall–Kier alpha value is -2.71. The topological polar surface area (TPSA) is 59.7 Å². The summed E-state index contributed by atoms with van der Waals surface area (Å²) in [4.78, 5) is 0. The van der Waals surface area contributed by atoms with Crippen LogP contribution in [0, 0.1) is 18.6 Å². The van der Waals surface area contributed by atoms with Crippen LogP contribution < -0.4 is 4.74 Å². The summed E-state index contributed by atoms with van der Waals surface area (Å²) in [6.07, 6.45) is -1.11. The second-order valence-corrected chi connectivity index (χ2v) is 7.37. The van der Waals surface area contributed by atoms with Crippen molar-refractivity contribution in [3.05, 3.63) is 65.2 Å². The Labute approximate surface area is 164 Å². The first-order chi connectivity index (χ1) is 13.5. The molecule has 0 bridgehead atoms. The lowest BCUT2D eigenvalue weighted by Crippen LogP contribution is -2.05. The van der Waals surface area contributed by atoms with Gasteiger partial charge in [-0.2, -0.15) is 0 Å². The number of halogens is 2. The fourth-order valence-corrected chi connectivity index (χ4v) is 4.04. The van der Waals surface area contributed by atoms with E-state index < -0.39 is 17.7 Å². The number of nitrogens with zero attached hydrogens (tertiary/aromatic N) is 3. The van der Waals surface area contributed by atoms with Crippen LogP contribution in [0.1, 0.15) is 17.2 Å². The summed E-state index contributed by atoms with van der Waals surface area (Å²) in [5.41, 5.74) is 2.65. The molecule has 1 N–H and O–H groups in total. The summed E-state index contributed by atoms with van der Waals surface area (Å²) >= 11 is 1.24. The lowest BCUT2D eigenvalue weighted by atomic mass is 10.1. The van der Waals surface area contributed by atoms with Gasteiger partial charge in [0, 0.05) is 28.8 Å². The molecule has 0 radical (unpaired) electrons. The third kappa shape index (κ3) is 3.29. The summed E-state index contributed by atoms with van der Waals surface area (Å²) in [5, 5.41) is 20.4. The summed E-state index contributed by atoms with van der Waals surface area (Å²) in [6, 6.07) is 10.8. The first-order valence-corrected chi connectivity index (χ1v) is 9.55. The fraction of sp³-hybridized carbons (Fsp3) is 0.200. The predicted molar refractivity (Wildman–Crippen MR) is 104 cm³/mol. The molecule has 0 aliphatic carbocycles. The van der Waals surface area contributed by atoms with Crippen LogP contribution in [0.4, 0.5) is 8.78 Å². The standard InChI is InChI=1S/C20H17F2N3O2S/c1-11-7-19-23-24-20(25(19)17-9-13(27-2)4-6-14(11)17)28-10-18(26)15-5-3-12(21)8-16(15)22/h3-9,18,26H,10H2,1-2H3. The molecule has 5 nitrogen and oxygen atoms in total. The average Bonchev–Trinajstić information content (AvgIpc) is 3.08. The van der Waals surface area contributed by atoms with Crippen LogP contribution in [0.15, 0.2) is 47.6 Å². The first-order valence-electron chi connectivity index (χ1n) is 8.56. The number of thioether (sulfide) groups is 1. The van der Waals surface area contributed by atoms with E-state index in [9.17, 15) is 13.9 Å². The van der Waals surface area contributed by atoms with Gasteiger partial charge < -0.3 is 9.84 Å². The maximum atomic E-state index is 13.9. The fourth-order valence-electron chi connectivity index (χ4n) is 3.14. The molecule has 0 amide bonds. The normalized spacial score (nSPS) is 12.6. The molecule has 1 atom stereocenters. The zero-order chi connectivity index (χ0) is 19.8. The zero-order valence-corrected chi connectivity index (χ0v) is 16.0. The number of aliphatic hydroxyl groups is 1. The van der Waals surface area contributed by atoms with E-state index in [1.165, 1.54) is 17.8 Å². The van der Waals surface area contributed by atoms with Crippen LogP contribution in [0.5, 0.6) is 5.75 Å². The van der Waals surface area contributed by atoms with Crippen molar-refractivity contribution in [2.75, 3.05) is 12.9 Å². The molecule has 28 heavy (non-hydrogen) atoms. The number of rotatable bonds is 5. The minimum atomic E-state index is -1.11. The molecule has 144 valence electrons. The number of pyridine rings is 1. The van der Waals surface area contributed by atoms with Crippen LogP contribution in [0.25, 0.3) is 16.6 Å². The maximum Gasteiger partial charge on any atom is 0.196 e. The second-order valence-electron chi connectivity index (χ2n) is 6.38. The third-order valence-corrected chi connectivity index (χ3v) is 5.57. The predicted octanol–water partition coefficient (Wildman–Crippen LogP) is 4.30. The van der Waals surface area contributed by atoms with Crippen molar-refractivity contribution in [3.63, 3.8) is 0 Å². The molecule has 0 aliphatic rings. The van der Waals surface area contributed by atoms with Crippen LogP contribution in [-0.2, 0) is 0 Å². The Balaban J connectivity index is 1.70. The lowest BCUT2D eigenvalue weighted by molar-refractivity contribution is 0.198. The van der Waals surface area contributed by atoms with Gasteiger partial charge in [-0.05, 0) is 36.8 Å². The molecule has 0 saturated carbocycles. The molecule has 0 saturated heterocycles. The van der Waals surface area contributed by atoms with Crippen molar-refractivity contribution in [1.29, 1.82) is 0 Å². The number of aliphatic hydroxyl groups excluding tert-OH is 1. The van der Waals surface area contributed by atoms with Gasteiger partial charge in [0.2, 0.25) is 0 Å². The van der Waals surface area contributed by atoms with Crippen molar-refractivity contribution in [3.8, 4) is 5.75 Å². The number of benzene rings is 2. The van der Waals surface area contributed by atoms with E-state index in [2.05, 4.69) is 10.2 Å². The Morgan fingerprint density at radius 2 is 1.96 bits per heavy atom. The summed E-state index contributed by atoms with van der Waals surface area (Å²) in [6.45, 7) is 2.00. The van der Waals surface area contributed by atoms with Gasteiger partial charge in [0.25, 0.3) is 0 Å². The Kier molecular flexibility index (Phi) is 4.91. The monoisotopic (exact) mass is 401 g/mol. The van der Waals surface area contributed by atoms with E-state index in [0.717, 1.165) is 28.6 Å². The lowest BCUT2D eigenvalue weighted by Gasteiger charge is -2.12. The van der Waals surface area contributed by atoms with Gasteiger partial charge in [-0.1, -0.05) is 17.8 Å². The van der Waals surface area contributed by atoms with Gasteiger partial charge in [-0.3, -0.25) is 4.40 Å². The molecular formula is C20H17F2N3O2S. The Morgan fingerprint density at radius 1 is 1.14 bits per heavy atom. The molecule has 4 rings (SSSR count). The van der Waals surface area contributed by atoms with Crippen molar-refractivity contribution in [1.82, 2.24) is 14.6 Å². The van der Waals surface area contributed by atoms with Gasteiger partial charge in [0.15, 0.2) is 10.8 Å². The van der Waals surface area contributed by atoms with Crippen molar-refractivity contribution >= 4 is 28.3 Å². The largest absolute Gasteiger partial charge is 0.497 e. The quantitative estimate of drug-likeness (QED) is 0.505. The maximum absolute atomic E-state index is 13.9. The molecule has 4 aromatic rings. The van der Waals surface area contributed by atoms with E-state index in [-0.39, 0.29) is 11.3 Å². The number of ether oxygens (including phenoxy) is 1. The molecular weight excluding hydrogens is 384 g/mol. The molecule has 8 heteroatoms. The number of methoxy groups -OCH3 is 1. The number of hydrogen-bond acceptors (Lipinski definition) is 5. The van der Waals surface area contributed by atoms with Crippen LogP contribution in [0.2, 0.25) is 0 Å². The minimum absolute atomic E-state index is 0.0464. The molecule has 0 fully saturated rings. The highest BCUT2D eigenvalue weighted by atomic mass is 32.2. The molecule has 2 heterocycles. The van der Waals surface area contributed by atoms with Gasteiger partial charge in [0.05, 0.1) is 18.7 Å². The van der Waals surface area contributed by atoms with Gasteiger partial charge >= 0.3 is 0 Å². The van der Waals surface area contributed by atoms with Crippen LogP contribution in [-0.4, -0.2) is 32.6 Å². The van der Waals surface area contributed by atoms with Crippen molar-refractivity contribution < 1.29 is 18.6 Å². The highest BCUT2D eigenvalue weighted by Crippen LogP contribution is 2.30. The van der Waals surface area contributed by atoms with Crippen LogP contribution >= 0.6 is 11.8 Å². The first kappa shape index (κ1) is 18.6. The van der Waals surface area contributed by atoms with E-state index in [1.54, 1.807) is 7.11 Å². The minimum Gasteiger partial charge on any atom is -0.497 e. The third-order valence-electron chi connectivity index (χ3n) is 4.57. The molecule has 2 aromatic carbocycles. The second kappa shape index (κ2) is 7.37. The van der Waals surface area contributed by atoms with Gasteiger partial charge in [-0.25, -0.2) is 8.78 Å². The zero-order valence-electron chi connectivity index (χ0n) is 15.2. The molecule has 0 aliphatic heterocycles. The Bertz CT molecular complexity index is 1180. The summed E-state index contributed by atoms with van der Waals surface area (Å²) in [5.74, 6) is -0.606. The number of fused-ring (bicyclic) bond motifs is 3. The smallest absolute Gasteiger partial charge is 0.196 e. The van der Waals surface area contributed by atoms with Crippen LogP contribution in [0.3, 0.4) is 0 Å². The van der Waals surface area contributed by atoms with E-state index in [1.807, 2.05) is 35.6 Å². The number of aryl methyl sites for hydroxylation is 1. The molecule has 2 aromatic heterocycles. The van der Waals surface area contributed by atoms with E-state index >= 15 is 0 Å². The Morgan fingerprint density at radius 3 is 2.71 bits per heavy atom. The van der Waals surface area contributed by atoms with E-state index in [0.29, 0.717) is 16.6 Å².